The molecule has 1 N–H and O–H groups in total. The first kappa shape index (κ1) is 28.2. The lowest BCUT2D eigenvalue weighted by Gasteiger charge is -2.40. The largest absolute Gasteiger partial charge is 0.416 e. The maximum atomic E-state index is 14.1. The van der Waals surface area contributed by atoms with Crippen LogP contribution in [0.15, 0.2) is 24.3 Å². The van der Waals surface area contributed by atoms with Crippen LogP contribution >= 0.6 is 0 Å². The molecule has 3 atom stereocenters. The van der Waals surface area contributed by atoms with E-state index in [2.05, 4.69) is 11.4 Å². The van der Waals surface area contributed by atoms with E-state index in [-0.39, 0.29) is 29.8 Å². The van der Waals surface area contributed by atoms with Crippen LogP contribution in [0.5, 0.6) is 0 Å². The molecule has 2 aromatic rings. The Hall–Kier alpha value is -3.92. The molecule has 1 aromatic heterocycles. The number of carbonyl (C=O) groups excluding carboxylic acids is 3. The van der Waals surface area contributed by atoms with Crippen molar-refractivity contribution < 1.29 is 32.3 Å². The van der Waals surface area contributed by atoms with E-state index in [4.69, 9.17) is 9.84 Å². The second kappa shape index (κ2) is 10.7. The topological polar surface area (TPSA) is 121 Å². The van der Waals surface area contributed by atoms with Gasteiger partial charge in [-0.3, -0.25) is 19.3 Å². The minimum atomic E-state index is -4.63. The summed E-state index contributed by atoms with van der Waals surface area (Å²) in [5.41, 5.74) is -0.452. The number of alkyl halides is 3. The van der Waals surface area contributed by atoms with Crippen molar-refractivity contribution in [3.8, 4) is 6.07 Å². The van der Waals surface area contributed by atoms with Crippen LogP contribution in [0, 0.1) is 17.2 Å². The van der Waals surface area contributed by atoms with E-state index in [9.17, 15) is 32.8 Å². The van der Waals surface area contributed by atoms with Crippen LogP contribution in [-0.4, -0.2) is 70.8 Å². The highest BCUT2D eigenvalue weighted by Gasteiger charge is 2.53. The summed E-state index contributed by atoms with van der Waals surface area (Å²) < 4.78 is 47.4. The first-order valence-corrected chi connectivity index (χ1v) is 14.3. The number of nitriles is 1. The Morgan fingerprint density at radius 1 is 1.17 bits per heavy atom. The Kier molecular flexibility index (Phi) is 7.21. The number of amides is 3. The Morgan fingerprint density at radius 2 is 1.90 bits per heavy atom. The fraction of sp³-hybridized carbons (Fsp3) is 0.552. The highest BCUT2D eigenvalue weighted by Crippen LogP contribution is 2.52. The van der Waals surface area contributed by atoms with Gasteiger partial charge in [-0.15, -0.1) is 0 Å². The third-order valence-corrected chi connectivity index (χ3v) is 8.75. The van der Waals surface area contributed by atoms with Crippen molar-refractivity contribution >= 4 is 23.5 Å². The van der Waals surface area contributed by atoms with Gasteiger partial charge >= 0.3 is 6.18 Å². The molecule has 3 fully saturated rings. The van der Waals surface area contributed by atoms with Crippen molar-refractivity contribution in [3.63, 3.8) is 0 Å². The molecule has 3 aliphatic heterocycles. The standard InChI is InChI=1S/C29H31F3N6O4/c1-2-36-26-22(24(28(41)37-11-8-20(37)15-33)35-38(26)19-9-12-42-13-10-19)21(16-6-7-16)23(27(36)40)34-25(39)17-4-3-5-18(14-17)29(30,31)32/h3-5,14,16,19-21,23H,2,6-13H2,1H3,(H,34,39)/t20-,21-,23-/m0/s1. The fourth-order valence-corrected chi connectivity index (χ4v) is 6.33. The number of benzene rings is 1. The van der Waals surface area contributed by atoms with Gasteiger partial charge in [0.1, 0.15) is 17.9 Å². The van der Waals surface area contributed by atoms with Crippen LogP contribution < -0.4 is 10.2 Å². The summed E-state index contributed by atoms with van der Waals surface area (Å²) in [6, 6.07) is 4.44. The fourth-order valence-electron chi connectivity index (χ4n) is 6.33. The number of aromatic nitrogens is 2. The number of anilines is 1. The number of nitrogens with one attached hydrogen (secondary N) is 1. The van der Waals surface area contributed by atoms with Crippen LogP contribution in [0.4, 0.5) is 19.0 Å². The van der Waals surface area contributed by atoms with Gasteiger partial charge in [0.15, 0.2) is 5.69 Å². The van der Waals surface area contributed by atoms with Gasteiger partial charge in [-0.1, -0.05) is 6.07 Å². The van der Waals surface area contributed by atoms with E-state index >= 15 is 0 Å². The lowest BCUT2D eigenvalue weighted by Crippen LogP contribution is -2.56. The monoisotopic (exact) mass is 584 g/mol. The predicted octanol–water partition coefficient (Wildman–Crippen LogP) is 3.65. The number of likely N-dealkylation sites (tertiary alicyclic amines) is 1. The number of nitrogens with zero attached hydrogens (tertiary/aromatic N) is 5. The zero-order valence-corrected chi connectivity index (χ0v) is 23.1. The molecular formula is C29H31F3N6O4. The summed E-state index contributed by atoms with van der Waals surface area (Å²) in [4.78, 5) is 44.3. The highest BCUT2D eigenvalue weighted by molar-refractivity contribution is 6.07. The SMILES string of the molecule is CCN1C(=O)[C@@H](NC(=O)c2cccc(C(F)(F)F)c2)[C@@H](C2CC2)c2c(C(=O)N3CC[C@H]3C#N)nn(C3CCOCC3)c21. The number of hydrogen-bond acceptors (Lipinski definition) is 6. The molecule has 13 heteroatoms. The van der Waals surface area contributed by atoms with E-state index in [1.54, 1.807) is 11.6 Å². The van der Waals surface area contributed by atoms with Crippen LogP contribution in [-0.2, 0) is 15.7 Å². The summed E-state index contributed by atoms with van der Waals surface area (Å²) in [6.45, 7) is 3.44. The second-order valence-corrected chi connectivity index (χ2v) is 11.3. The summed E-state index contributed by atoms with van der Waals surface area (Å²) >= 11 is 0. The number of hydrogen-bond donors (Lipinski definition) is 1. The number of ether oxygens (including phenoxy) is 1. The number of rotatable bonds is 6. The van der Waals surface area contributed by atoms with Gasteiger partial charge in [-0.2, -0.15) is 23.5 Å². The van der Waals surface area contributed by atoms with Crippen molar-refractivity contribution in [1.82, 2.24) is 20.0 Å². The Bertz CT molecular complexity index is 1460. The van der Waals surface area contributed by atoms with Crippen LogP contribution in [0.1, 0.15) is 83.0 Å². The molecule has 10 nitrogen and oxygen atoms in total. The van der Waals surface area contributed by atoms with Gasteiger partial charge in [0.25, 0.3) is 17.7 Å². The zero-order valence-electron chi connectivity index (χ0n) is 23.1. The van der Waals surface area contributed by atoms with Gasteiger partial charge in [0.2, 0.25) is 0 Å². The predicted molar refractivity (Wildman–Crippen MR) is 143 cm³/mol. The molecule has 42 heavy (non-hydrogen) atoms. The van der Waals surface area contributed by atoms with E-state index in [0.29, 0.717) is 50.4 Å². The molecule has 2 saturated heterocycles. The summed E-state index contributed by atoms with van der Waals surface area (Å²) in [6.07, 6.45) is -1.26. The van der Waals surface area contributed by atoms with Crippen LogP contribution in [0.25, 0.3) is 0 Å². The minimum Gasteiger partial charge on any atom is -0.381 e. The highest BCUT2D eigenvalue weighted by atomic mass is 19.4. The van der Waals surface area contributed by atoms with Gasteiger partial charge < -0.3 is 15.0 Å². The first-order valence-electron chi connectivity index (χ1n) is 14.3. The van der Waals surface area contributed by atoms with E-state index in [0.717, 1.165) is 31.0 Å². The molecule has 0 radical (unpaired) electrons. The van der Waals surface area contributed by atoms with E-state index in [1.165, 1.54) is 15.9 Å². The molecule has 6 rings (SSSR count). The molecule has 0 unspecified atom stereocenters. The molecule has 0 spiro atoms. The molecule has 1 aliphatic carbocycles. The second-order valence-electron chi connectivity index (χ2n) is 11.3. The third kappa shape index (κ3) is 4.81. The minimum absolute atomic E-state index is 0.0273. The average molecular weight is 585 g/mol. The molecular weight excluding hydrogens is 553 g/mol. The molecule has 222 valence electrons. The molecule has 3 amide bonds. The number of fused-ring (bicyclic) bond motifs is 1. The number of likely N-dealkylation sites (N-methyl/N-ethyl adjacent to an activating group) is 1. The number of halogens is 3. The zero-order chi connectivity index (χ0) is 29.8. The Labute approximate surface area is 240 Å². The van der Waals surface area contributed by atoms with Crippen LogP contribution in [0.3, 0.4) is 0 Å². The van der Waals surface area contributed by atoms with Gasteiger partial charge in [-0.05, 0) is 63.1 Å². The van der Waals surface area contributed by atoms with E-state index < -0.39 is 47.5 Å². The Morgan fingerprint density at radius 3 is 2.50 bits per heavy atom. The van der Waals surface area contributed by atoms with Crippen molar-refractivity contribution in [3.05, 3.63) is 46.6 Å². The third-order valence-electron chi connectivity index (χ3n) is 8.75. The molecule has 1 aromatic carbocycles. The molecule has 1 saturated carbocycles. The smallest absolute Gasteiger partial charge is 0.381 e. The summed E-state index contributed by atoms with van der Waals surface area (Å²) in [5.74, 6) is -1.70. The average Bonchev–Trinajstić information content (AvgIpc) is 3.72. The first-order chi connectivity index (χ1) is 20.1. The van der Waals surface area contributed by atoms with Crippen molar-refractivity contribution in [1.29, 1.82) is 5.26 Å². The number of carbonyl (C=O) groups is 3. The quantitative estimate of drug-likeness (QED) is 0.554. The van der Waals surface area contributed by atoms with Crippen molar-refractivity contribution in [2.24, 2.45) is 5.92 Å². The normalized spacial score (nSPS) is 24.5. The van der Waals surface area contributed by atoms with Crippen molar-refractivity contribution in [2.75, 3.05) is 31.2 Å². The summed E-state index contributed by atoms with van der Waals surface area (Å²) in [7, 11) is 0. The lowest BCUT2D eigenvalue weighted by molar-refractivity contribution is -0.137. The molecule has 4 aliphatic rings. The maximum Gasteiger partial charge on any atom is 0.416 e. The van der Waals surface area contributed by atoms with Crippen molar-refractivity contribution in [2.45, 2.75) is 69.2 Å². The summed E-state index contributed by atoms with van der Waals surface area (Å²) in [5, 5.41) is 17.1. The van der Waals surface area contributed by atoms with Gasteiger partial charge in [0, 0.05) is 43.3 Å². The molecule has 4 heterocycles. The maximum absolute atomic E-state index is 14.1. The lowest BCUT2D eigenvalue weighted by atomic mass is 9.82. The molecule has 0 bridgehead atoms. The van der Waals surface area contributed by atoms with Crippen LogP contribution in [0.2, 0.25) is 0 Å². The van der Waals surface area contributed by atoms with E-state index in [1.807, 2.05) is 0 Å². The Balaban J connectivity index is 1.44. The van der Waals surface area contributed by atoms with Gasteiger partial charge in [-0.25, -0.2) is 4.68 Å². The van der Waals surface area contributed by atoms with Gasteiger partial charge in [0.05, 0.1) is 17.7 Å².